The van der Waals surface area contributed by atoms with Gasteiger partial charge < -0.3 is 10.5 Å². The van der Waals surface area contributed by atoms with Crippen molar-refractivity contribution in [2.75, 3.05) is 13.7 Å². The number of hydrogen-bond donors (Lipinski definition) is 2. The van der Waals surface area contributed by atoms with Crippen LogP contribution >= 0.6 is 0 Å². The van der Waals surface area contributed by atoms with Crippen LogP contribution in [0.4, 0.5) is 0 Å². The first-order valence-electron chi connectivity index (χ1n) is 5.14. The van der Waals surface area contributed by atoms with Gasteiger partial charge >= 0.3 is 0 Å². The summed E-state index contributed by atoms with van der Waals surface area (Å²) in [4.78, 5) is 16.3. The Balaban J connectivity index is 2.70. The summed E-state index contributed by atoms with van der Waals surface area (Å²) < 4.78 is 5.52. The van der Waals surface area contributed by atoms with Gasteiger partial charge in [0, 0.05) is 18.4 Å². The third-order valence-corrected chi connectivity index (χ3v) is 3.43. The molecule has 15 heavy (non-hydrogen) atoms. The van der Waals surface area contributed by atoms with Crippen molar-refractivity contribution in [3.8, 4) is 0 Å². The maximum atomic E-state index is 11.7. The lowest BCUT2D eigenvalue weighted by Crippen LogP contribution is -2.75. The molecular weight excluding hydrogens is 196 g/mol. The zero-order valence-corrected chi connectivity index (χ0v) is 9.79. The molecule has 0 heterocycles. The molecule has 2 atom stereocenters. The quantitative estimate of drug-likeness (QED) is 0.658. The fourth-order valence-corrected chi connectivity index (χ4v) is 2.00. The molecule has 5 nitrogen and oxygen atoms in total. The highest BCUT2D eigenvalue weighted by Gasteiger charge is 2.63. The van der Waals surface area contributed by atoms with Gasteiger partial charge in [-0.15, -0.1) is 0 Å². The number of amides is 1. The topological polar surface area (TPSA) is 73.6 Å². The Morgan fingerprint density at radius 1 is 1.60 bits per heavy atom. The summed E-state index contributed by atoms with van der Waals surface area (Å²) in [5, 5.41) is 0. The van der Waals surface area contributed by atoms with Crippen LogP contribution in [0.2, 0.25) is 0 Å². The van der Waals surface area contributed by atoms with Crippen molar-refractivity contribution >= 4 is 5.91 Å². The largest absolute Gasteiger partial charge is 0.378 e. The third-order valence-electron chi connectivity index (χ3n) is 3.43. The van der Waals surface area contributed by atoms with Gasteiger partial charge in [-0.2, -0.15) is 0 Å². The molecule has 1 saturated carbocycles. The summed E-state index contributed by atoms with van der Waals surface area (Å²) >= 11 is 0. The highest BCUT2D eigenvalue weighted by molar-refractivity contribution is 5.88. The summed E-state index contributed by atoms with van der Waals surface area (Å²) in [6, 6.07) is 0. The number of nitrogens with one attached hydrogen (secondary N) is 1. The van der Waals surface area contributed by atoms with Crippen molar-refractivity contribution < 1.29 is 14.4 Å². The molecule has 88 valence electrons. The molecular formula is C10H20N2O3. The summed E-state index contributed by atoms with van der Waals surface area (Å²) in [7, 11) is 1.40. The predicted molar refractivity (Wildman–Crippen MR) is 55.9 cm³/mol. The average molecular weight is 216 g/mol. The van der Waals surface area contributed by atoms with Gasteiger partial charge in [0.1, 0.15) is 5.54 Å². The van der Waals surface area contributed by atoms with Crippen molar-refractivity contribution in [1.82, 2.24) is 5.48 Å². The van der Waals surface area contributed by atoms with Gasteiger partial charge in [0.25, 0.3) is 5.91 Å². The van der Waals surface area contributed by atoms with Crippen LogP contribution < -0.4 is 11.2 Å². The predicted octanol–water partition coefficient (Wildman–Crippen LogP) is 0.197. The molecule has 0 aromatic rings. The van der Waals surface area contributed by atoms with Crippen LogP contribution in [-0.4, -0.2) is 31.3 Å². The van der Waals surface area contributed by atoms with Crippen LogP contribution in [0, 0.1) is 5.41 Å². The molecule has 0 aromatic carbocycles. The Kier molecular flexibility index (Phi) is 3.38. The lowest BCUT2D eigenvalue weighted by molar-refractivity contribution is -0.178. The van der Waals surface area contributed by atoms with Crippen LogP contribution in [0.5, 0.6) is 0 Å². The van der Waals surface area contributed by atoms with Crippen LogP contribution in [0.15, 0.2) is 0 Å². The van der Waals surface area contributed by atoms with Gasteiger partial charge in [-0.25, -0.2) is 5.48 Å². The molecule has 0 aliphatic heterocycles. The smallest absolute Gasteiger partial charge is 0.264 e. The summed E-state index contributed by atoms with van der Waals surface area (Å²) in [6.07, 6.45) is 0.568. The van der Waals surface area contributed by atoms with Crippen molar-refractivity contribution in [1.29, 1.82) is 0 Å². The maximum absolute atomic E-state index is 11.7. The minimum absolute atomic E-state index is 0.0371. The highest BCUT2D eigenvalue weighted by Crippen LogP contribution is 2.49. The Morgan fingerprint density at radius 2 is 2.20 bits per heavy atom. The van der Waals surface area contributed by atoms with E-state index in [1.807, 2.05) is 20.8 Å². The number of ether oxygens (including phenoxy) is 1. The maximum Gasteiger partial charge on any atom is 0.264 e. The van der Waals surface area contributed by atoms with Gasteiger partial charge in [0.05, 0.1) is 13.2 Å². The van der Waals surface area contributed by atoms with Crippen LogP contribution in [0.3, 0.4) is 0 Å². The molecule has 0 radical (unpaired) electrons. The van der Waals surface area contributed by atoms with Crippen LogP contribution in [-0.2, 0) is 14.4 Å². The second-order valence-corrected chi connectivity index (χ2v) is 4.48. The van der Waals surface area contributed by atoms with Crippen LogP contribution in [0.25, 0.3) is 0 Å². The molecule has 0 spiro atoms. The molecule has 1 aliphatic rings. The molecule has 1 rings (SSSR count). The van der Waals surface area contributed by atoms with E-state index < -0.39 is 5.54 Å². The Bertz CT molecular complexity index is 255. The number of hydrogen-bond acceptors (Lipinski definition) is 4. The average Bonchev–Trinajstić information content (AvgIpc) is 2.17. The van der Waals surface area contributed by atoms with Crippen molar-refractivity contribution in [3.63, 3.8) is 0 Å². The first-order chi connectivity index (χ1) is 6.90. The summed E-state index contributed by atoms with van der Waals surface area (Å²) in [6.45, 7) is 6.44. The lowest BCUT2D eigenvalue weighted by atomic mass is 9.54. The fourth-order valence-electron chi connectivity index (χ4n) is 2.00. The Labute approximate surface area is 90.3 Å². The lowest BCUT2D eigenvalue weighted by Gasteiger charge is -2.57. The second kappa shape index (κ2) is 4.08. The summed E-state index contributed by atoms with van der Waals surface area (Å²) in [5.74, 6) is -0.286. The molecule has 1 amide bonds. The van der Waals surface area contributed by atoms with Gasteiger partial charge in [0.2, 0.25) is 0 Å². The van der Waals surface area contributed by atoms with E-state index in [0.29, 0.717) is 13.0 Å². The van der Waals surface area contributed by atoms with E-state index in [0.717, 1.165) is 0 Å². The van der Waals surface area contributed by atoms with Crippen LogP contribution in [0.1, 0.15) is 27.2 Å². The van der Waals surface area contributed by atoms with E-state index in [1.54, 1.807) is 0 Å². The van der Waals surface area contributed by atoms with Crippen molar-refractivity contribution in [2.24, 2.45) is 11.1 Å². The zero-order chi connectivity index (χ0) is 11.7. The van der Waals surface area contributed by atoms with Gasteiger partial charge in [-0.1, -0.05) is 13.8 Å². The van der Waals surface area contributed by atoms with E-state index in [2.05, 4.69) is 10.3 Å². The number of carbonyl (C=O) groups is 1. The SMILES string of the molecule is CCOC1CC(N)(C(=O)NOC)C1(C)C. The van der Waals surface area contributed by atoms with E-state index in [-0.39, 0.29) is 17.4 Å². The van der Waals surface area contributed by atoms with E-state index in [1.165, 1.54) is 7.11 Å². The first kappa shape index (κ1) is 12.4. The number of nitrogens with two attached hydrogens (primary N) is 1. The van der Waals surface area contributed by atoms with E-state index in [4.69, 9.17) is 10.5 Å². The molecule has 5 heteroatoms. The van der Waals surface area contributed by atoms with Gasteiger partial charge in [-0.3, -0.25) is 9.63 Å². The standard InChI is InChI=1S/C10H20N2O3/c1-5-15-7-6-10(11,9(7,2)3)8(13)12-14-4/h7H,5-6,11H2,1-4H3,(H,12,13). The summed E-state index contributed by atoms with van der Waals surface area (Å²) in [5.41, 5.74) is 7.08. The Hall–Kier alpha value is -0.650. The fraction of sp³-hybridized carbons (Fsp3) is 0.900. The molecule has 1 aliphatic carbocycles. The second-order valence-electron chi connectivity index (χ2n) is 4.48. The minimum Gasteiger partial charge on any atom is -0.378 e. The zero-order valence-electron chi connectivity index (χ0n) is 9.79. The van der Waals surface area contributed by atoms with Crippen molar-refractivity contribution in [2.45, 2.75) is 38.8 Å². The first-order valence-corrected chi connectivity index (χ1v) is 5.14. The Morgan fingerprint density at radius 3 is 2.60 bits per heavy atom. The van der Waals surface area contributed by atoms with Gasteiger partial charge in [0.15, 0.2) is 0 Å². The minimum atomic E-state index is -0.900. The number of hydroxylamine groups is 1. The molecule has 2 unspecified atom stereocenters. The normalized spacial score (nSPS) is 33.3. The number of carbonyl (C=O) groups excluding carboxylic acids is 1. The van der Waals surface area contributed by atoms with E-state index in [9.17, 15) is 4.79 Å². The molecule has 0 aromatic heterocycles. The molecule has 0 saturated heterocycles. The van der Waals surface area contributed by atoms with Gasteiger partial charge in [-0.05, 0) is 6.92 Å². The molecule has 3 N–H and O–H groups in total. The highest BCUT2D eigenvalue weighted by atomic mass is 16.6. The number of rotatable bonds is 4. The monoisotopic (exact) mass is 216 g/mol. The van der Waals surface area contributed by atoms with Crippen molar-refractivity contribution in [3.05, 3.63) is 0 Å². The molecule has 1 fully saturated rings. The third kappa shape index (κ3) is 1.75. The van der Waals surface area contributed by atoms with E-state index >= 15 is 0 Å². The molecule has 0 bridgehead atoms.